The molecule has 6 nitrogen and oxygen atoms in total. The number of aryl methyl sites for hydroxylation is 3. The van der Waals surface area contributed by atoms with Crippen LogP contribution in [0.25, 0.3) is 10.9 Å². The van der Waals surface area contributed by atoms with Crippen molar-refractivity contribution >= 4 is 16.8 Å². The molecule has 3 heterocycles. The highest BCUT2D eigenvalue weighted by molar-refractivity contribution is 5.95. The molecule has 0 saturated carbocycles. The lowest BCUT2D eigenvalue weighted by Gasteiger charge is -2.29. The van der Waals surface area contributed by atoms with Gasteiger partial charge < -0.3 is 19.6 Å². The van der Waals surface area contributed by atoms with E-state index in [-0.39, 0.29) is 17.5 Å². The fraction of sp³-hybridized carbons (Fsp3) is 0.391. The van der Waals surface area contributed by atoms with Crippen molar-refractivity contribution in [3.8, 4) is 0 Å². The normalized spacial score (nSPS) is 15.7. The first-order valence-corrected chi connectivity index (χ1v) is 10.2. The molecule has 0 atom stereocenters. The first kappa shape index (κ1) is 19.5. The molecule has 1 saturated heterocycles. The van der Waals surface area contributed by atoms with E-state index in [0.29, 0.717) is 17.7 Å². The lowest BCUT2D eigenvalue weighted by molar-refractivity contribution is 0.0911. The van der Waals surface area contributed by atoms with E-state index < -0.39 is 5.63 Å². The molecule has 2 aromatic heterocycles. The minimum Gasteiger partial charge on any atom is -0.427 e. The van der Waals surface area contributed by atoms with Gasteiger partial charge in [-0.1, -0.05) is 18.2 Å². The number of carbonyl (C=O) groups excluding carboxylic acids is 1. The molecule has 2 N–H and O–H groups in total. The van der Waals surface area contributed by atoms with Crippen LogP contribution in [0.2, 0.25) is 0 Å². The van der Waals surface area contributed by atoms with Gasteiger partial charge in [0.05, 0.1) is 0 Å². The summed E-state index contributed by atoms with van der Waals surface area (Å²) in [5.41, 5.74) is 2.52. The van der Waals surface area contributed by atoms with E-state index in [2.05, 4.69) is 28.3 Å². The van der Waals surface area contributed by atoms with Gasteiger partial charge in [0.25, 0.3) is 5.91 Å². The summed E-state index contributed by atoms with van der Waals surface area (Å²) in [6.45, 7) is 3.70. The maximum Gasteiger partial charge on any atom is 0.349 e. The number of nitrogens with zero attached hydrogens (tertiary/aromatic N) is 1. The summed E-state index contributed by atoms with van der Waals surface area (Å²) < 4.78 is 5.49. The lowest BCUT2D eigenvalue weighted by Crippen LogP contribution is -2.44. The van der Waals surface area contributed by atoms with Gasteiger partial charge >= 0.3 is 5.63 Å². The number of fused-ring (bicyclic) bond motifs is 1. The maximum absolute atomic E-state index is 12.6. The number of likely N-dealkylation sites (tertiary alicyclic amines) is 1. The van der Waals surface area contributed by atoms with Crippen molar-refractivity contribution in [1.29, 1.82) is 0 Å². The van der Waals surface area contributed by atoms with Crippen LogP contribution in [-0.4, -0.2) is 42.0 Å². The van der Waals surface area contributed by atoms with Crippen LogP contribution in [0.3, 0.4) is 0 Å². The standard InChI is InChI=1S/C23H27N3O3/c1-15-13-18(8-7-16-14-24-20-6-4-3-5-19(16)20)29-23(28)21(15)22(27)25-17-9-11-26(2)12-10-17/h3-6,13-14,17,24H,7-12H2,1-2H3,(H,25,27). The summed E-state index contributed by atoms with van der Waals surface area (Å²) in [5, 5.41) is 4.18. The quantitative estimate of drug-likeness (QED) is 0.698. The maximum atomic E-state index is 12.6. The van der Waals surface area contributed by atoms with Crippen LogP contribution >= 0.6 is 0 Å². The first-order chi connectivity index (χ1) is 14.0. The molecule has 6 heteroatoms. The number of para-hydroxylation sites is 1. The van der Waals surface area contributed by atoms with Crippen molar-refractivity contribution in [2.24, 2.45) is 0 Å². The van der Waals surface area contributed by atoms with Gasteiger partial charge in [0.1, 0.15) is 11.3 Å². The summed E-state index contributed by atoms with van der Waals surface area (Å²) in [5.74, 6) is 0.280. The van der Waals surface area contributed by atoms with Crippen LogP contribution in [0.1, 0.15) is 40.1 Å². The summed E-state index contributed by atoms with van der Waals surface area (Å²) in [7, 11) is 2.08. The second-order valence-corrected chi connectivity index (χ2v) is 7.97. The third-order valence-electron chi connectivity index (χ3n) is 5.80. The summed E-state index contributed by atoms with van der Waals surface area (Å²) >= 11 is 0. The predicted octanol–water partition coefficient (Wildman–Crippen LogP) is 3.04. The number of hydrogen-bond donors (Lipinski definition) is 2. The molecule has 1 amide bonds. The molecule has 0 bridgehead atoms. The van der Waals surface area contributed by atoms with E-state index in [1.807, 2.05) is 30.5 Å². The molecule has 4 rings (SSSR count). The van der Waals surface area contributed by atoms with Crippen molar-refractivity contribution in [3.05, 3.63) is 69.4 Å². The van der Waals surface area contributed by atoms with Crippen molar-refractivity contribution in [2.75, 3.05) is 20.1 Å². The van der Waals surface area contributed by atoms with E-state index in [1.54, 1.807) is 6.92 Å². The number of benzene rings is 1. The second-order valence-electron chi connectivity index (χ2n) is 7.97. The number of aromatic amines is 1. The van der Waals surface area contributed by atoms with Gasteiger partial charge in [-0.25, -0.2) is 4.79 Å². The predicted molar refractivity (Wildman–Crippen MR) is 113 cm³/mol. The third-order valence-corrected chi connectivity index (χ3v) is 5.80. The third kappa shape index (κ3) is 4.27. The number of rotatable bonds is 5. The number of hydrogen-bond acceptors (Lipinski definition) is 4. The minimum absolute atomic E-state index is 0.110. The van der Waals surface area contributed by atoms with Crippen LogP contribution in [-0.2, 0) is 12.8 Å². The van der Waals surface area contributed by atoms with Gasteiger partial charge in [-0.05, 0) is 69.6 Å². The van der Waals surface area contributed by atoms with E-state index in [1.165, 1.54) is 10.9 Å². The van der Waals surface area contributed by atoms with Crippen LogP contribution in [0.15, 0.2) is 45.7 Å². The molecule has 152 valence electrons. The van der Waals surface area contributed by atoms with Crippen LogP contribution in [0.5, 0.6) is 0 Å². The van der Waals surface area contributed by atoms with Crippen LogP contribution < -0.4 is 10.9 Å². The fourth-order valence-corrected chi connectivity index (χ4v) is 4.08. The Labute approximate surface area is 169 Å². The summed E-state index contributed by atoms with van der Waals surface area (Å²) in [6.07, 6.45) is 5.16. The fourth-order valence-electron chi connectivity index (χ4n) is 4.08. The molecule has 1 aromatic carbocycles. The van der Waals surface area contributed by atoms with Crippen molar-refractivity contribution in [2.45, 2.75) is 38.6 Å². The van der Waals surface area contributed by atoms with E-state index in [4.69, 9.17) is 4.42 Å². The Balaban J connectivity index is 1.45. The lowest BCUT2D eigenvalue weighted by atomic mass is 10.0. The zero-order chi connectivity index (χ0) is 20.4. The Bertz CT molecular complexity index is 1070. The van der Waals surface area contributed by atoms with Gasteiger partial charge in [0, 0.05) is 29.6 Å². The van der Waals surface area contributed by atoms with Gasteiger partial charge in [0.15, 0.2) is 0 Å². The molecule has 29 heavy (non-hydrogen) atoms. The molecular formula is C23H27N3O3. The van der Waals surface area contributed by atoms with Crippen LogP contribution in [0, 0.1) is 6.92 Å². The topological polar surface area (TPSA) is 78.3 Å². The number of amides is 1. The van der Waals surface area contributed by atoms with Crippen molar-refractivity contribution < 1.29 is 9.21 Å². The summed E-state index contributed by atoms with van der Waals surface area (Å²) in [4.78, 5) is 30.7. The number of aromatic nitrogens is 1. The molecule has 0 aliphatic carbocycles. The molecule has 0 radical (unpaired) electrons. The highest BCUT2D eigenvalue weighted by Gasteiger charge is 2.22. The summed E-state index contributed by atoms with van der Waals surface area (Å²) in [6, 6.07) is 10.1. The number of H-pyrrole nitrogens is 1. The largest absolute Gasteiger partial charge is 0.427 e. The van der Waals surface area contributed by atoms with Crippen molar-refractivity contribution in [3.63, 3.8) is 0 Å². The van der Waals surface area contributed by atoms with E-state index in [9.17, 15) is 9.59 Å². The van der Waals surface area contributed by atoms with E-state index >= 15 is 0 Å². The average molecular weight is 393 g/mol. The molecule has 0 spiro atoms. The number of carbonyl (C=O) groups is 1. The van der Waals surface area contributed by atoms with Crippen molar-refractivity contribution in [1.82, 2.24) is 15.2 Å². The SMILES string of the molecule is Cc1cc(CCc2c[nH]c3ccccc23)oc(=O)c1C(=O)NC1CCN(C)CC1. The van der Waals surface area contributed by atoms with Gasteiger partial charge in [0.2, 0.25) is 0 Å². The van der Waals surface area contributed by atoms with E-state index in [0.717, 1.165) is 37.9 Å². The Hall–Kier alpha value is -2.86. The Morgan fingerprint density at radius 3 is 2.76 bits per heavy atom. The monoisotopic (exact) mass is 393 g/mol. The zero-order valence-corrected chi connectivity index (χ0v) is 17.0. The second kappa shape index (κ2) is 8.25. The first-order valence-electron chi connectivity index (χ1n) is 10.2. The zero-order valence-electron chi connectivity index (χ0n) is 17.0. The minimum atomic E-state index is -0.552. The highest BCUT2D eigenvalue weighted by Crippen LogP contribution is 2.20. The van der Waals surface area contributed by atoms with Crippen LogP contribution in [0.4, 0.5) is 0 Å². The molecule has 1 aliphatic rings. The molecular weight excluding hydrogens is 366 g/mol. The Morgan fingerprint density at radius 1 is 1.24 bits per heavy atom. The highest BCUT2D eigenvalue weighted by atomic mass is 16.4. The Morgan fingerprint density at radius 2 is 2.00 bits per heavy atom. The smallest absolute Gasteiger partial charge is 0.349 e. The molecule has 1 fully saturated rings. The van der Waals surface area contributed by atoms with Gasteiger partial charge in [-0.2, -0.15) is 0 Å². The van der Waals surface area contributed by atoms with Gasteiger partial charge in [-0.15, -0.1) is 0 Å². The Kier molecular flexibility index (Phi) is 5.53. The number of piperidine rings is 1. The molecule has 1 aliphatic heterocycles. The number of nitrogens with one attached hydrogen (secondary N) is 2. The molecule has 0 unspecified atom stereocenters. The van der Waals surface area contributed by atoms with Gasteiger partial charge in [-0.3, -0.25) is 4.79 Å². The molecule has 3 aromatic rings. The average Bonchev–Trinajstić information content (AvgIpc) is 3.11.